The quantitative estimate of drug-likeness (QED) is 0.337. The minimum atomic E-state index is -1.57. The van der Waals surface area contributed by atoms with E-state index >= 15 is 0 Å². The molecule has 0 aliphatic heterocycles. The third-order valence-electron chi connectivity index (χ3n) is 3.07. The number of nitro groups is 1. The van der Waals surface area contributed by atoms with Gasteiger partial charge in [-0.1, -0.05) is 24.3 Å². The molecule has 2 rings (SSSR count). The van der Waals surface area contributed by atoms with E-state index in [4.69, 9.17) is 0 Å². The first-order valence-electron chi connectivity index (χ1n) is 6.38. The van der Waals surface area contributed by atoms with Gasteiger partial charge >= 0.3 is 0 Å². The second-order valence-corrected chi connectivity index (χ2v) is 4.53. The van der Waals surface area contributed by atoms with Crippen LogP contribution in [0.25, 0.3) is 11.6 Å². The fourth-order valence-corrected chi connectivity index (χ4v) is 2.00. The molecule has 0 saturated heterocycles. The molecule has 0 aliphatic rings. The number of carboxylic acid groups (broad SMARTS) is 2. The zero-order chi connectivity index (χ0) is 17.0. The predicted molar refractivity (Wildman–Crippen MR) is 76.7 cm³/mol. The van der Waals surface area contributed by atoms with E-state index in [1.54, 1.807) is 0 Å². The van der Waals surface area contributed by atoms with Crippen molar-refractivity contribution in [2.75, 3.05) is 0 Å². The fraction of sp³-hybridized carbons (Fsp3) is 0. The van der Waals surface area contributed by atoms with E-state index in [1.807, 2.05) is 0 Å². The lowest BCUT2D eigenvalue weighted by Gasteiger charge is -2.14. The molecule has 23 heavy (non-hydrogen) atoms. The molecule has 0 unspecified atom stereocenters. The summed E-state index contributed by atoms with van der Waals surface area (Å²) >= 11 is 0. The number of hydrogen-bond acceptors (Lipinski definition) is 6. The van der Waals surface area contributed by atoms with Gasteiger partial charge in [0.25, 0.3) is 5.69 Å². The lowest BCUT2D eigenvalue weighted by molar-refractivity contribution is -0.384. The number of aromatic carboxylic acids is 1. The Morgan fingerprint density at radius 2 is 1.48 bits per heavy atom. The van der Waals surface area contributed by atoms with Crippen molar-refractivity contribution in [3.8, 4) is 0 Å². The molecule has 0 heterocycles. The molecule has 2 aromatic rings. The topological polar surface area (TPSA) is 123 Å². The van der Waals surface area contributed by atoms with Gasteiger partial charge in [-0.15, -0.1) is 0 Å². The van der Waals surface area contributed by atoms with Crippen molar-refractivity contribution in [1.29, 1.82) is 0 Å². The molecule has 0 aliphatic carbocycles. The number of non-ortho nitro benzene ring substituents is 1. The number of carbonyl (C=O) groups excluding carboxylic acids is 2. The highest BCUT2D eigenvalue weighted by Gasteiger charge is 2.10. The number of carboxylic acids is 2. The molecule has 2 aromatic carbocycles. The van der Waals surface area contributed by atoms with Crippen LogP contribution in [0.3, 0.4) is 0 Å². The largest absolute Gasteiger partial charge is 0.545 e. The van der Waals surface area contributed by atoms with Crippen LogP contribution in [0.15, 0.2) is 48.5 Å². The van der Waals surface area contributed by atoms with Gasteiger partial charge in [-0.05, 0) is 29.3 Å². The van der Waals surface area contributed by atoms with Gasteiger partial charge in [-0.25, -0.2) is 0 Å². The predicted octanol–water partition coefficient (Wildman–Crippen LogP) is 0.249. The third-order valence-corrected chi connectivity index (χ3v) is 3.07. The second kappa shape index (κ2) is 6.52. The van der Waals surface area contributed by atoms with Crippen molar-refractivity contribution in [2.45, 2.75) is 0 Å². The lowest BCUT2D eigenvalue weighted by atomic mass is 9.97. The number of nitrogens with zero attached hydrogens (tertiary/aromatic N) is 1. The van der Waals surface area contributed by atoms with Crippen LogP contribution in [0.2, 0.25) is 0 Å². The molecule has 7 nitrogen and oxygen atoms in total. The zero-order valence-electron chi connectivity index (χ0n) is 11.6. The van der Waals surface area contributed by atoms with Crippen LogP contribution in [0.1, 0.15) is 21.5 Å². The van der Waals surface area contributed by atoms with Gasteiger partial charge in [0.15, 0.2) is 0 Å². The molecule has 116 valence electrons. The van der Waals surface area contributed by atoms with Crippen LogP contribution in [-0.2, 0) is 4.79 Å². The SMILES string of the molecule is O=C([O-])/C(=C/c1ccc([N+](=O)[O-])cc1)c1ccccc1C(=O)[O-]. The number of nitro benzene ring substituents is 1. The Morgan fingerprint density at radius 3 is 1.96 bits per heavy atom. The van der Waals surface area contributed by atoms with Gasteiger partial charge in [0.2, 0.25) is 0 Å². The molecule has 0 aromatic heterocycles. The van der Waals surface area contributed by atoms with Crippen LogP contribution in [0.5, 0.6) is 0 Å². The molecular weight excluding hydrogens is 302 g/mol. The van der Waals surface area contributed by atoms with Gasteiger partial charge < -0.3 is 19.8 Å². The summed E-state index contributed by atoms with van der Waals surface area (Å²) in [5, 5.41) is 33.0. The average molecular weight is 311 g/mol. The van der Waals surface area contributed by atoms with Crippen LogP contribution in [0, 0.1) is 10.1 Å². The summed E-state index contributed by atoms with van der Waals surface area (Å²) in [6.07, 6.45) is 1.18. The first kappa shape index (κ1) is 15.9. The van der Waals surface area contributed by atoms with E-state index in [0.717, 1.165) is 0 Å². The summed E-state index contributed by atoms with van der Waals surface area (Å²) in [5.41, 5.74) is -0.510. The van der Waals surface area contributed by atoms with Crippen LogP contribution in [-0.4, -0.2) is 16.9 Å². The maximum atomic E-state index is 11.4. The van der Waals surface area contributed by atoms with E-state index in [1.165, 1.54) is 54.6 Å². The van der Waals surface area contributed by atoms with Crippen molar-refractivity contribution in [3.63, 3.8) is 0 Å². The summed E-state index contributed by atoms with van der Waals surface area (Å²) in [4.78, 5) is 32.5. The maximum absolute atomic E-state index is 11.4. The van der Waals surface area contributed by atoms with E-state index in [0.29, 0.717) is 5.56 Å². The van der Waals surface area contributed by atoms with Gasteiger partial charge in [0.1, 0.15) is 0 Å². The second-order valence-electron chi connectivity index (χ2n) is 4.53. The van der Waals surface area contributed by atoms with Crippen molar-refractivity contribution in [3.05, 3.63) is 75.3 Å². The minimum Gasteiger partial charge on any atom is -0.545 e. The Labute approximate surface area is 130 Å². The molecule has 0 spiro atoms. The first-order chi connectivity index (χ1) is 10.9. The summed E-state index contributed by atoms with van der Waals surface area (Å²) in [5.74, 6) is -3.09. The van der Waals surface area contributed by atoms with E-state index < -0.39 is 16.9 Å². The number of carbonyl (C=O) groups is 2. The van der Waals surface area contributed by atoms with Crippen LogP contribution >= 0.6 is 0 Å². The number of hydrogen-bond donors (Lipinski definition) is 0. The molecular formula is C16H9NO6-2. The van der Waals surface area contributed by atoms with Gasteiger partial charge in [-0.3, -0.25) is 10.1 Å². The number of aliphatic carboxylic acids is 1. The van der Waals surface area contributed by atoms with Gasteiger partial charge in [-0.2, -0.15) is 0 Å². The molecule has 0 amide bonds. The molecule has 0 bridgehead atoms. The van der Waals surface area contributed by atoms with Gasteiger partial charge in [0, 0.05) is 23.3 Å². The Kier molecular flexibility index (Phi) is 4.51. The highest BCUT2D eigenvalue weighted by Crippen LogP contribution is 2.22. The smallest absolute Gasteiger partial charge is 0.269 e. The van der Waals surface area contributed by atoms with Crippen molar-refractivity contribution < 1.29 is 24.7 Å². The lowest BCUT2D eigenvalue weighted by Crippen LogP contribution is -2.27. The van der Waals surface area contributed by atoms with E-state index in [2.05, 4.69) is 0 Å². The standard InChI is InChI=1S/C16H11NO6/c18-15(19)13-4-2-1-3-12(13)14(16(20)21)9-10-5-7-11(8-6-10)17(22)23/h1-9H,(H,18,19)(H,20,21)/p-2/b14-9+. The molecule has 0 atom stereocenters. The van der Waals surface area contributed by atoms with Crippen LogP contribution < -0.4 is 10.2 Å². The van der Waals surface area contributed by atoms with E-state index in [9.17, 15) is 29.9 Å². The van der Waals surface area contributed by atoms with Crippen molar-refractivity contribution in [2.24, 2.45) is 0 Å². The number of benzene rings is 2. The van der Waals surface area contributed by atoms with Crippen molar-refractivity contribution in [1.82, 2.24) is 0 Å². The fourth-order valence-electron chi connectivity index (χ4n) is 2.00. The van der Waals surface area contributed by atoms with Crippen LogP contribution in [0.4, 0.5) is 5.69 Å². The van der Waals surface area contributed by atoms with Crippen molar-refractivity contribution >= 4 is 29.3 Å². The maximum Gasteiger partial charge on any atom is 0.269 e. The molecule has 7 heteroatoms. The Balaban J connectivity index is 2.53. The summed E-state index contributed by atoms with van der Waals surface area (Å²) in [7, 11) is 0. The average Bonchev–Trinajstić information content (AvgIpc) is 2.52. The minimum absolute atomic E-state index is 0.0640. The summed E-state index contributed by atoms with van der Waals surface area (Å²) in [6, 6.07) is 10.6. The first-order valence-corrected chi connectivity index (χ1v) is 6.38. The Hall–Kier alpha value is -3.48. The number of rotatable bonds is 5. The Morgan fingerprint density at radius 1 is 0.913 bits per heavy atom. The van der Waals surface area contributed by atoms with Gasteiger partial charge in [0.05, 0.1) is 16.9 Å². The third kappa shape index (κ3) is 3.59. The monoisotopic (exact) mass is 311 g/mol. The highest BCUT2D eigenvalue weighted by molar-refractivity contribution is 6.21. The Bertz CT molecular complexity index is 808. The molecule has 0 N–H and O–H groups in total. The van der Waals surface area contributed by atoms with E-state index in [-0.39, 0.29) is 22.4 Å². The summed E-state index contributed by atoms with van der Waals surface area (Å²) in [6.45, 7) is 0. The normalized spacial score (nSPS) is 11.0. The highest BCUT2D eigenvalue weighted by atomic mass is 16.6. The molecule has 0 fully saturated rings. The molecule has 0 saturated carbocycles. The summed E-state index contributed by atoms with van der Waals surface area (Å²) < 4.78 is 0. The molecule has 0 radical (unpaired) electrons. The zero-order valence-corrected chi connectivity index (χ0v) is 11.6.